The second-order valence-corrected chi connectivity index (χ2v) is 9.61. The number of likely N-dealkylation sites (tertiary alicyclic amines) is 1. The van der Waals surface area contributed by atoms with E-state index in [0.29, 0.717) is 13.1 Å². The number of hydrogen-bond donors (Lipinski definition) is 1. The fraction of sp³-hybridized carbons (Fsp3) is 0.588. The van der Waals surface area contributed by atoms with Gasteiger partial charge in [-0.2, -0.15) is 0 Å². The lowest BCUT2D eigenvalue weighted by atomic mass is 9.83. The molecule has 3 heterocycles. The number of rotatable bonds is 1. The van der Waals surface area contributed by atoms with Gasteiger partial charge in [0.15, 0.2) is 0 Å². The smallest absolute Gasteiger partial charge is 0.437 e. The number of likely N-dealkylation sites (N-methyl/N-ethyl adjacent to an activating group) is 1. The zero-order valence-electron chi connectivity index (χ0n) is 15.5. The average Bonchev–Trinajstić information content (AvgIpc) is 3.07. The van der Waals surface area contributed by atoms with Crippen molar-refractivity contribution in [2.45, 2.75) is 31.9 Å². The molecule has 2 amide bonds. The van der Waals surface area contributed by atoms with Gasteiger partial charge in [-0.1, -0.05) is 0 Å². The molecule has 2 aliphatic rings. The first-order valence-corrected chi connectivity index (χ1v) is 9.99. The molecule has 3 rings (SSSR count). The zero-order chi connectivity index (χ0) is 19.3. The summed E-state index contributed by atoms with van der Waals surface area (Å²) in [4.78, 5) is 33.8. The summed E-state index contributed by atoms with van der Waals surface area (Å²) in [6.07, 6.45) is -0.716. The third-order valence-corrected chi connectivity index (χ3v) is 6.36. The summed E-state index contributed by atoms with van der Waals surface area (Å²) in [6, 6.07) is 2.02. The molecule has 1 unspecified atom stereocenters. The van der Waals surface area contributed by atoms with Crippen LogP contribution in [0.5, 0.6) is 0 Å². The first-order chi connectivity index (χ1) is 12.0. The van der Waals surface area contributed by atoms with Gasteiger partial charge >= 0.3 is 6.09 Å². The van der Waals surface area contributed by atoms with Crippen LogP contribution in [0, 0.1) is 5.92 Å². The SMILES string of the molecule is CN1CC2C(=O)N(C)/C(=N/C(=O)OC(C)(C)C)N[C@]2(c2cc(Br)cs2)C1. The van der Waals surface area contributed by atoms with Crippen LogP contribution in [-0.2, 0) is 15.1 Å². The number of ether oxygens (including phenoxy) is 1. The topological polar surface area (TPSA) is 74.2 Å². The Kier molecular flexibility index (Phi) is 4.91. The van der Waals surface area contributed by atoms with Crippen LogP contribution in [0.15, 0.2) is 20.9 Å². The lowest BCUT2D eigenvalue weighted by Gasteiger charge is -2.43. The number of guanidine groups is 1. The predicted octanol–water partition coefficient (Wildman–Crippen LogP) is 2.62. The van der Waals surface area contributed by atoms with Crippen molar-refractivity contribution >= 4 is 45.2 Å². The van der Waals surface area contributed by atoms with Crippen molar-refractivity contribution in [1.82, 2.24) is 15.1 Å². The minimum Gasteiger partial charge on any atom is -0.442 e. The molecule has 0 spiro atoms. The third-order valence-electron chi connectivity index (χ3n) is 4.49. The van der Waals surface area contributed by atoms with Gasteiger partial charge in [0.05, 0.1) is 11.5 Å². The summed E-state index contributed by atoms with van der Waals surface area (Å²) in [6.45, 7) is 6.63. The molecule has 26 heavy (non-hydrogen) atoms. The van der Waals surface area contributed by atoms with Gasteiger partial charge < -0.3 is 15.0 Å². The molecule has 142 valence electrons. The standard InChI is InChI=1S/C17H23BrN4O3S/c1-16(2,3)25-15(24)19-14-20-17(12-6-10(18)8-26-12)9-21(4)7-11(17)13(23)22(14)5/h6,8,11H,7,9H2,1-5H3,(H,19,20,24)/t11?,17-/m1/s1. The van der Waals surface area contributed by atoms with Gasteiger partial charge in [0.2, 0.25) is 11.9 Å². The molecule has 1 aromatic heterocycles. The first kappa shape index (κ1) is 19.3. The number of carbonyl (C=O) groups excluding carboxylic acids is 2. The van der Waals surface area contributed by atoms with E-state index in [2.05, 4.69) is 31.1 Å². The van der Waals surface area contributed by atoms with Crippen LogP contribution in [0.2, 0.25) is 0 Å². The molecule has 9 heteroatoms. The van der Waals surface area contributed by atoms with Gasteiger partial charge in [-0.3, -0.25) is 9.69 Å². The highest BCUT2D eigenvalue weighted by molar-refractivity contribution is 9.10. The second kappa shape index (κ2) is 6.61. The van der Waals surface area contributed by atoms with Crippen LogP contribution in [0.25, 0.3) is 0 Å². The highest BCUT2D eigenvalue weighted by atomic mass is 79.9. The Bertz CT molecular complexity index is 772. The number of thiophene rings is 1. The lowest BCUT2D eigenvalue weighted by molar-refractivity contribution is -0.134. The number of hydrogen-bond acceptors (Lipinski definition) is 5. The van der Waals surface area contributed by atoms with Gasteiger partial charge in [-0.15, -0.1) is 16.3 Å². The van der Waals surface area contributed by atoms with Crippen LogP contribution in [-0.4, -0.2) is 60.5 Å². The summed E-state index contributed by atoms with van der Waals surface area (Å²) in [5.74, 6) is -0.0825. The van der Waals surface area contributed by atoms with Crippen molar-refractivity contribution in [1.29, 1.82) is 0 Å². The lowest BCUT2D eigenvalue weighted by Crippen LogP contribution is -2.65. The van der Waals surface area contributed by atoms with Crippen molar-refractivity contribution in [3.63, 3.8) is 0 Å². The number of amides is 2. The van der Waals surface area contributed by atoms with E-state index in [1.54, 1.807) is 39.2 Å². The van der Waals surface area contributed by atoms with Crippen LogP contribution in [0.4, 0.5) is 4.79 Å². The van der Waals surface area contributed by atoms with Crippen LogP contribution in [0.1, 0.15) is 25.6 Å². The maximum atomic E-state index is 13.0. The number of nitrogens with zero attached hydrogens (tertiary/aromatic N) is 3. The second-order valence-electron chi connectivity index (χ2n) is 7.79. The number of fused-ring (bicyclic) bond motifs is 1. The maximum Gasteiger partial charge on any atom is 0.437 e. The van der Waals surface area contributed by atoms with E-state index in [1.165, 1.54) is 4.90 Å². The summed E-state index contributed by atoms with van der Waals surface area (Å²) < 4.78 is 6.25. The van der Waals surface area contributed by atoms with Crippen molar-refractivity contribution < 1.29 is 14.3 Å². The molecule has 2 aliphatic heterocycles. The van der Waals surface area contributed by atoms with Crippen LogP contribution >= 0.6 is 27.3 Å². The summed E-state index contributed by atoms with van der Waals surface area (Å²) >= 11 is 5.07. The maximum absolute atomic E-state index is 13.0. The summed E-state index contributed by atoms with van der Waals surface area (Å²) in [5, 5.41) is 5.38. The van der Waals surface area contributed by atoms with Gasteiger partial charge in [0.25, 0.3) is 0 Å². The van der Waals surface area contributed by atoms with E-state index in [0.717, 1.165) is 9.35 Å². The van der Waals surface area contributed by atoms with E-state index < -0.39 is 17.2 Å². The molecule has 1 aromatic rings. The zero-order valence-corrected chi connectivity index (χ0v) is 17.9. The predicted molar refractivity (Wildman–Crippen MR) is 104 cm³/mol. The molecular formula is C17H23BrN4O3S. The average molecular weight is 443 g/mol. The van der Waals surface area contributed by atoms with Crippen molar-refractivity contribution in [2.24, 2.45) is 10.9 Å². The number of carbonyl (C=O) groups is 2. The van der Waals surface area contributed by atoms with Crippen LogP contribution in [0.3, 0.4) is 0 Å². The largest absolute Gasteiger partial charge is 0.442 e. The quantitative estimate of drug-likeness (QED) is 0.723. The Hall–Kier alpha value is -1.45. The van der Waals surface area contributed by atoms with Crippen molar-refractivity contribution in [3.05, 3.63) is 20.8 Å². The first-order valence-electron chi connectivity index (χ1n) is 8.32. The molecule has 0 radical (unpaired) electrons. The molecule has 0 aliphatic carbocycles. The van der Waals surface area contributed by atoms with E-state index in [4.69, 9.17) is 4.74 Å². The molecule has 2 fully saturated rings. The van der Waals surface area contributed by atoms with Crippen molar-refractivity contribution in [3.8, 4) is 0 Å². The molecule has 0 aromatic carbocycles. The van der Waals surface area contributed by atoms with E-state index in [-0.39, 0.29) is 17.8 Å². The molecule has 2 saturated heterocycles. The van der Waals surface area contributed by atoms with Crippen LogP contribution < -0.4 is 5.32 Å². The van der Waals surface area contributed by atoms with Gasteiger partial charge in [0.1, 0.15) is 5.60 Å². The Balaban J connectivity index is 2.00. The van der Waals surface area contributed by atoms with Crippen molar-refractivity contribution in [2.75, 3.05) is 27.2 Å². The Labute approximate surface area is 165 Å². The monoisotopic (exact) mass is 442 g/mol. The molecule has 7 nitrogen and oxygen atoms in total. The van der Waals surface area contributed by atoms with Gasteiger partial charge in [0, 0.05) is 34.9 Å². The molecular weight excluding hydrogens is 420 g/mol. The fourth-order valence-electron chi connectivity index (χ4n) is 3.44. The van der Waals surface area contributed by atoms with E-state index >= 15 is 0 Å². The third kappa shape index (κ3) is 3.52. The molecule has 0 bridgehead atoms. The Morgan fingerprint density at radius 1 is 1.46 bits per heavy atom. The molecule has 2 atom stereocenters. The number of halogens is 1. The molecule has 0 saturated carbocycles. The Morgan fingerprint density at radius 2 is 2.15 bits per heavy atom. The van der Waals surface area contributed by atoms with Gasteiger partial charge in [-0.05, 0) is 49.8 Å². The highest BCUT2D eigenvalue weighted by Crippen LogP contribution is 2.43. The minimum absolute atomic E-state index is 0.0556. The van der Waals surface area contributed by atoms with E-state index in [1.807, 2.05) is 18.5 Å². The summed E-state index contributed by atoms with van der Waals surface area (Å²) in [5.41, 5.74) is -1.25. The fourth-order valence-corrected chi connectivity index (χ4v) is 5.07. The molecule has 1 N–H and O–H groups in total. The highest BCUT2D eigenvalue weighted by Gasteiger charge is 2.56. The van der Waals surface area contributed by atoms with E-state index in [9.17, 15) is 9.59 Å². The van der Waals surface area contributed by atoms with Gasteiger partial charge in [-0.25, -0.2) is 4.79 Å². The normalized spacial score (nSPS) is 28.2. The number of nitrogens with one attached hydrogen (secondary N) is 1. The minimum atomic E-state index is -0.716. The number of aliphatic imine (C=N–C) groups is 1. The summed E-state index contributed by atoms with van der Waals surface area (Å²) in [7, 11) is 3.62. The Morgan fingerprint density at radius 3 is 2.73 bits per heavy atom.